The molecule has 1 aromatic carbocycles. The molecule has 0 atom stereocenters. The molecule has 0 fully saturated rings. The van der Waals surface area contributed by atoms with Crippen LogP contribution in [0.2, 0.25) is 0 Å². The zero-order valence-corrected chi connectivity index (χ0v) is 12.4. The molecule has 1 N–H and O–H groups in total. The molecule has 0 unspecified atom stereocenters. The summed E-state index contributed by atoms with van der Waals surface area (Å²) in [6, 6.07) is 10.2. The van der Waals surface area contributed by atoms with E-state index in [1.165, 1.54) is 11.4 Å². The molecule has 3 nitrogen and oxygen atoms in total. The summed E-state index contributed by atoms with van der Waals surface area (Å²) in [5.41, 5.74) is 6.91. The van der Waals surface area contributed by atoms with Gasteiger partial charge in [-0.3, -0.25) is 4.68 Å². The molecule has 0 spiro atoms. The number of nitrogens with zero attached hydrogens (tertiary/aromatic N) is 1. The summed E-state index contributed by atoms with van der Waals surface area (Å²) in [7, 11) is 1.69. The number of halogens is 1. The molecule has 0 radical (unpaired) electrons. The highest BCUT2D eigenvalue weighted by Gasteiger charge is 2.05. The van der Waals surface area contributed by atoms with Gasteiger partial charge in [0.25, 0.3) is 0 Å². The molecule has 0 aliphatic rings. The maximum Gasteiger partial charge on any atom is 0.123 e. The minimum Gasteiger partial charge on any atom is -0.496 e. The van der Waals surface area contributed by atoms with Gasteiger partial charge in [-0.1, -0.05) is 15.9 Å². The number of ether oxygens (including phenoxy) is 1. The first kappa shape index (κ1) is 13.0. The largest absolute Gasteiger partial charge is 0.496 e. The Morgan fingerprint density at radius 3 is 2.44 bits per heavy atom. The van der Waals surface area contributed by atoms with Gasteiger partial charge in [-0.05, 0) is 44.2 Å². The summed E-state index contributed by atoms with van der Waals surface area (Å²) in [6.45, 7) is 4.88. The van der Waals surface area contributed by atoms with Gasteiger partial charge in [-0.25, -0.2) is 0 Å². The van der Waals surface area contributed by atoms with Crippen molar-refractivity contribution in [3.05, 3.63) is 51.8 Å². The topological polar surface area (TPSA) is 26.2 Å². The molecular formula is C14H17BrN2O. The molecule has 18 heavy (non-hydrogen) atoms. The Morgan fingerprint density at radius 1 is 1.17 bits per heavy atom. The Labute approximate surface area is 116 Å². The summed E-state index contributed by atoms with van der Waals surface area (Å²) in [5.74, 6) is 0.896. The number of methoxy groups -OCH3 is 1. The molecule has 0 aliphatic heterocycles. The second kappa shape index (κ2) is 5.48. The van der Waals surface area contributed by atoms with Gasteiger partial charge in [0.05, 0.1) is 13.7 Å². The van der Waals surface area contributed by atoms with E-state index in [2.05, 4.69) is 58.1 Å². The Bertz CT molecular complexity index is 529. The van der Waals surface area contributed by atoms with Gasteiger partial charge in [0.2, 0.25) is 0 Å². The summed E-state index contributed by atoms with van der Waals surface area (Å²) < 4.78 is 8.50. The SMILES string of the molecule is COc1ccc(Br)cc1CNn1c(C)ccc1C. The van der Waals surface area contributed by atoms with Crippen LogP contribution in [-0.2, 0) is 6.54 Å². The smallest absolute Gasteiger partial charge is 0.123 e. The summed E-state index contributed by atoms with van der Waals surface area (Å²) in [4.78, 5) is 0. The van der Waals surface area contributed by atoms with Gasteiger partial charge in [0.1, 0.15) is 5.75 Å². The van der Waals surface area contributed by atoms with Crippen LogP contribution in [0.25, 0.3) is 0 Å². The molecular weight excluding hydrogens is 292 g/mol. The van der Waals surface area contributed by atoms with Crippen LogP contribution < -0.4 is 10.2 Å². The normalized spacial score (nSPS) is 10.4. The molecule has 2 aromatic rings. The van der Waals surface area contributed by atoms with E-state index in [0.29, 0.717) is 0 Å². The molecule has 0 aliphatic carbocycles. The quantitative estimate of drug-likeness (QED) is 0.933. The van der Waals surface area contributed by atoms with Crippen LogP contribution in [0.5, 0.6) is 5.75 Å². The van der Waals surface area contributed by atoms with Crippen LogP contribution in [-0.4, -0.2) is 11.8 Å². The highest BCUT2D eigenvalue weighted by atomic mass is 79.9. The molecule has 1 aromatic heterocycles. The fourth-order valence-electron chi connectivity index (χ4n) is 1.97. The van der Waals surface area contributed by atoms with E-state index in [9.17, 15) is 0 Å². The van der Waals surface area contributed by atoms with Crippen molar-refractivity contribution in [3.8, 4) is 5.75 Å². The second-order valence-electron chi connectivity index (χ2n) is 4.24. The number of benzene rings is 1. The first-order valence-electron chi connectivity index (χ1n) is 5.83. The Balaban J connectivity index is 2.17. The number of aromatic nitrogens is 1. The van der Waals surface area contributed by atoms with E-state index in [-0.39, 0.29) is 0 Å². The molecule has 2 rings (SSSR count). The van der Waals surface area contributed by atoms with E-state index >= 15 is 0 Å². The average molecular weight is 309 g/mol. The van der Waals surface area contributed by atoms with Gasteiger partial charge in [-0.15, -0.1) is 0 Å². The lowest BCUT2D eigenvalue weighted by Gasteiger charge is -2.15. The van der Waals surface area contributed by atoms with E-state index in [4.69, 9.17) is 4.74 Å². The highest BCUT2D eigenvalue weighted by molar-refractivity contribution is 9.10. The number of nitrogens with one attached hydrogen (secondary N) is 1. The molecule has 0 saturated carbocycles. The standard InChI is InChI=1S/C14H17BrN2O/c1-10-4-5-11(2)17(10)16-9-12-8-13(15)6-7-14(12)18-3/h4-8,16H,9H2,1-3H3. The minimum absolute atomic E-state index is 0.721. The lowest BCUT2D eigenvalue weighted by atomic mass is 10.2. The third-order valence-electron chi connectivity index (χ3n) is 2.94. The Hall–Kier alpha value is -1.42. The maximum absolute atomic E-state index is 5.36. The Morgan fingerprint density at radius 2 is 1.83 bits per heavy atom. The monoisotopic (exact) mass is 308 g/mol. The van der Waals surface area contributed by atoms with E-state index < -0.39 is 0 Å². The highest BCUT2D eigenvalue weighted by Crippen LogP contribution is 2.23. The predicted octanol–water partition coefficient (Wildman–Crippen LogP) is 3.62. The molecule has 0 amide bonds. The fourth-order valence-corrected chi connectivity index (χ4v) is 2.38. The van der Waals surface area contributed by atoms with Gasteiger partial charge in [0, 0.05) is 21.4 Å². The van der Waals surface area contributed by atoms with Crippen molar-refractivity contribution < 1.29 is 4.74 Å². The third-order valence-corrected chi connectivity index (χ3v) is 3.43. The number of hydrogen-bond acceptors (Lipinski definition) is 2. The zero-order valence-electron chi connectivity index (χ0n) is 10.8. The van der Waals surface area contributed by atoms with Crippen molar-refractivity contribution in [2.75, 3.05) is 12.5 Å². The van der Waals surface area contributed by atoms with Crippen molar-refractivity contribution in [2.24, 2.45) is 0 Å². The zero-order chi connectivity index (χ0) is 13.1. The van der Waals surface area contributed by atoms with Crippen LogP contribution in [0.3, 0.4) is 0 Å². The fraction of sp³-hybridized carbons (Fsp3) is 0.286. The van der Waals surface area contributed by atoms with Crippen molar-refractivity contribution in [1.29, 1.82) is 0 Å². The summed E-state index contributed by atoms with van der Waals surface area (Å²) >= 11 is 3.48. The average Bonchev–Trinajstić information content (AvgIpc) is 2.67. The van der Waals surface area contributed by atoms with Crippen molar-refractivity contribution in [1.82, 2.24) is 4.68 Å². The molecule has 4 heteroatoms. The molecule has 0 saturated heterocycles. The first-order valence-corrected chi connectivity index (χ1v) is 6.62. The maximum atomic E-state index is 5.36. The van der Waals surface area contributed by atoms with Crippen molar-refractivity contribution >= 4 is 15.9 Å². The van der Waals surface area contributed by atoms with Crippen LogP contribution in [0, 0.1) is 13.8 Å². The van der Waals surface area contributed by atoms with E-state index in [0.717, 1.165) is 22.3 Å². The number of hydrogen-bond donors (Lipinski definition) is 1. The van der Waals surface area contributed by atoms with Gasteiger partial charge in [-0.2, -0.15) is 0 Å². The number of aryl methyl sites for hydroxylation is 2. The lowest BCUT2D eigenvalue weighted by Crippen LogP contribution is -2.17. The van der Waals surface area contributed by atoms with Crippen molar-refractivity contribution in [3.63, 3.8) is 0 Å². The lowest BCUT2D eigenvalue weighted by molar-refractivity contribution is 0.409. The van der Waals surface area contributed by atoms with E-state index in [1.54, 1.807) is 7.11 Å². The van der Waals surface area contributed by atoms with Gasteiger partial charge >= 0.3 is 0 Å². The first-order chi connectivity index (χ1) is 8.61. The number of rotatable bonds is 4. The van der Waals surface area contributed by atoms with Crippen LogP contribution in [0.4, 0.5) is 0 Å². The van der Waals surface area contributed by atoms with E-state index in [1.807, 2.05) is 12.1 Å². The van der Waals surface area contributed by atoms with Crippen LogP contribution in [0.15, 0.2) is 34.8 Å². The molecule has 1 heterocycles. The van der Waals surface area contributed by atoms with Crippen molar-refractivity contribution in [2.45, 2.75) is 20.4 Å². The third kappa shape index (κ3) is 2.70. The summed E-state index contributed by atoms with van der Waals surface area (Å²) in [6.07, 6.45) is 0. The van der Waals surface area contributed by atoms with Gasteiger partial charge < -0.3 is 10.2 Å². The van der Waals surface area contributed by atoms with Crippen LogP contribution >= 0.6 is 15.9 Å². The summed E-state index contributed by atoms with van der Waals surface area (Å²) in [5, 5.41) is 0. The van der Waals surface area contributed by atoms with Crippen LogP contribution in [0.1, 0.15) is 17.0 Å². The second-order valence-corrected chi connectivity index (χ2v) is 5.16. The Kier molecular flexibility index (Phi) is 3.97. The minimum atomic E-state index is 0.721. The molecule has 96 valence electrons. The van der Waals surface area contributed by atoms with Gasteiger partial charge in [0.15, 0.2) is 0 Å². The predicted molar refractivity (Wildman–Crippen MR) is 77.7 cm³/mol. The molecule has 0 bridgehead atoms.